The topological polar surface area (TPSA) is 21.3 Å². The standard InChI is InChI=1S/C17H20FNO/c1-3-19-16(13-9-11-15(18)12-10-13)17(20-2)14-7-5-4-6-8-14/h4-12,16-17,19H,3H2,1-2H3. The van der Waals surface area contributed by atoms with Crippen molar-refractivity contribution in [1.82, 2.24) is 5.32 Å². The highest BCUT2D eigenvalue weighted by atomic mass is 19.1. The van der Waals surface area contributed by atoms with Gasteiger partial charge in [0.25, 0.3) is 0 Å². The molecule has 0 aliphatic heterocycles. The summed E-state index contributed by atoms with van der Waals surface area (Å²) in [6, 6.07) is 16.6. The van der Waals surface area contributed by atoms with E-state index in [9.17, 15) is 4.39 Å². The smallest absolute Gasteiger partial charge is 0.123 e. The Labute approximate surface area is 119 Å². The molecule has 0 amide bonds. The third-order valence-electron chi connectivity index (χ3n) is 3.34. The molecule has 0 spiro atoms. The van der Waals surface area contributed by atoms with Gasteiger partial charge < -0.3 is 10.1 Å². The van der Waals surface area contributed by atoms with E-state index in [1.54, 1.807) is 19.2 Å². The molecule has 0 radical (unpaired) electrons. The molecule has 106 valence electrons. The average molecular weight is 273 g/mol. The minimum Gasteiger partial charge on any atom is -0.375 e. The molecule has 0 heterocycles. The SMILES string of the molecule is CCNC(c1ccc(F)cc1)C(OC)c1ccccc1. The molecule has 2 unspecified atom stereocenters. The van der Waals surface area contributed by atoms with Crippen LogP contribution in [0.4, 0.5) is 4.39 Å². The first-order valence-electron chi connectivity index (χ1n) is 6.83. The molecule has 0 aromatic heterocycles. The van der Waals surface area contributed by atoms with E-state index in [1.807, 2.05) is 37.3 Å². The van der Waals surface area contributed by atoms with Crippen LogP contribution >= 0.6 is 0 Å². The Hall–Kier alpha value is -1.71. The van der Waals surface area contributed by atoms with E-state index in [1.165, 1.54) is 12.1 Å². The summed E-state index contributed by atoms with van der Waals surface area (Å²) in [5.74, 6) is -0.224. The molecule has 0 saturated heterocycles. The Balaban J connectivity index is 2.33. The van der Waals surface area contributed by atoms with Crippen molar-refractivity contribution in [1.29, 1.82) is 0 Å². The summed E-state index contributed by atoms with van der Waals surface area (Å²) in [5, 5.41) is 3.42. The van der Waals surface area contributed by atoms with Gasteiger partial charge in [0.15, 0.2) is 0 Å². The van der Waals surface area contributed by atoms with Crippen LogP contribution in [0.25, 0.3) is 0 Å². The molecule has 0 bridgehead atoms. The van der Waals surface area contributed by atoms with Crippen LogP contribution in [0.5, 0.6) is 0 Å². The van der Waals surface area contributed by atoms with Gasteiger partial charge in [-0.15, -0.1) is 0 Å². The Kier molecular flexibility index (Phi) is 5.27. The molecule has 2 nitrogen and oxygen atoms in total. The van der Waals surface area contributed by atoms with Crippen molar-refractivity contribution in [2.45, 2.75) is 19.1 Å². The summed E-state index contributed by atoms with van der Waals surface area (Å²) < 4.78 is 18.8. The number of likely N-dealkylation sites (N-methyl/N-ethyl adjacent to an activating group) is 1. The van der Waals surface area contributed by atoms with E-state index in [2.05, 4.69) is 5.32 Å². The molecule has 1 N–H and O–H groups in total. The van der Waals surface area contributed by atoms with E-state index in [-0.39, 0.29) is 18.0 Å². The number of hydrogen-bond acceptors (Lipinski definition) is 2. The molecule has 0 aliphatic rings. The minimum atomic E-state index is -0.224. The van der Waals surface area contributed by atoms with Crippen LogP contribution in [0.3, 0.4) is 0 Å². The fourth-order valence-electron chi connectivity index (χ4n) is 2.40. The molecule has 0 aliphatic carbocycles. The Morgan fingerprint density at radius 3 is 2.20 bits per heavy atom. The van der Waals surface area contributed by atoms with Crippen LogP contribution < -0.4 is 5.32 Å². The summed E-state index contributed by atoms with van der Waals surface area (Å²) in [5.41, 5.74) is 2.12. The zero-order valence-corrected chi connectivity index (χ0v) is 11.8. The number of methoxy groups -OCH3 is 1. The third-order valence-corrected chi connectivity index (χ3v) is 3.34. The van der Waals surface area contributed by atoms with E-state index >= 15 is 0 Å². The first kappa shape index (κ1) is 14.7. The van der Waals surface area contributed by atoms with Gasteiger partial charge in [0, 0.05) is 7.11 Å². The zero-order valence-electron chi connectivity index (χ0n) is 11.8. The molecule has 0 fully saturated rings. The van der Waals surface area contributed by atoms with Crippen molar-refractivity contribution < 1.29 is 9.13 Å². The van der Waals surface area contributed by atoms with Crippen LogP contribution in [0, 0.1) is 5.82 Å². The maximum atomic E-state index is 13.1. The van der Waals surface area contributed by atoms with Crippen molar-refractivity contribution in [3.8, 4) is 0 Å². The highest BCUT2D eigenvalue weighted by Crippen LogP contribution is 2.31. The van der Waals surface area contributed by atoms with Crippen molar-refractivity contribution >= 4 is 0 Å². The van der Waals surface area contributed by atoms with Crippen molar-refractivity contribution in [2.75, 3.05) is 13.7 Å². The fourth-order valence-corrected chi connectivity index (χ4v) is 2.40. The van der Waals surface area contributed by atoms with E-state index < -0.39 is 0 Å². The first-order valence-corrected chi connectivity index (χ1v) is 6.83. The van der Waals surface area contributed by atoms with Crippen molar-refractivity contribution in [3.63, 3.8) is 0 Å². The van der Waals surface area contributed by atoms with Gasteiger partial charge in [0.2, 0.25) is 0 Å². The fraction of sp³-hybridized carbons (Fsp3) is 0.294. The zero-order chi connectivity index (χ0) is 14.4. The molecule has 2 aromatic carbocycles. The molecule has 0 saturated carbocycles. The number of rotatable bonds is 6. The summed E-state index contributed by atoms with van der Waals surface area (Å²) in [4.78, 5) is 0. The van der Waals surface area contributed by atoms with E-state index in [0.29, 0.717) is 0 Å². The molecule has 2 aromatic rings. The maximum Gasteiger partial charge on any atom is 0.123 e. The summed E-state index contributed by atoms with van der Waals surface area (Å²) in [7, 11) is 1.70. The summed E-state index contributed by atoms with van der Waals surface area (Å²) in [6.07, 6.45) is -0.110. The normalized spacial score (nSPS) is 13.9. The van der Waals surface area contributed by atoms with Gasteiger partial charge in [-0.25, -0.2) is 4.39 Å². The Bertz CT molecular complexity index is 512. The van der Waals surface area contributed by atoms with Crippen LogP contribution in [-0.4, -0.2) is 13.7 Å². The Morgan fingerprint density at radius 2 is 1.65 bits per heavy atom. The number of nitrogens with one attached hydrogen (secondary N) is 1. The van der Waals surface area contributed by atoms with Crippen LogP contribution in [0.2, 0.25) is 0 Å². The number of hydrogen-bond donors (Lipinski definition) is 1. The largest absolute Gasteiger partial charge is 0.375 e. The molecule has 2 rings (SSSR count). The van der Waals surface area contributed by atoms with Crippen LogP contribution in [0.1, 0.15) is 30.2 Å². The predicted molar refractivity (Wildman–Crippen MR) is 79.0 cm³/mol. The number of ether oxygens (including phenoxy) is 1. The lowest BCUT2D eigenvalue weighted by Gasteiger charge is -2.27. The van der Waals surface area contributed by atoms with Gasteiger partial charge >= 0.3 is 0 Å². The third kappa shape index (κ3) is 3.44. The second kappa shape index (κ2) is 7.17. The minimum absolute atomic E-state index is 0.00648. The molecular weight excluding hydrogens is 253 g/mol. The molecule has 20 heavy (non-hydrogen) atoms. The van der Waals surface area contributed by atoms with Gasteiger partial charge in [0.1, 0.15) is 11.9 Å². The highest BCUT2D eigenvalue weighted by Gasteiger charge is 2.23. The van der Waals surface area contributed by atoms with Gasteiger partial charge in [-0.05, 0) is 29.8 Å². The molecular formula is C17H20FNO. The average Bonchev–Trinajstić information content (AvgIpc) is 2.49. The first-order chi connectivity index (χ1) is 9.76. The van der Waals surface area contributed by atoms with E-state index in [0.717, 1.165) is 17.7 Å². The van der Waals surface area contributed by atoms with Crippen molar-refractivity contribution in [2.24, 2.45) is 0 Å². The van der Waals surface area contributed by atoms with Gasteiger partial charge in [-0.1, -0.05) is 49.4 Å². The maximum absolute atomic E-state index is 13.1. The van der Waals surface area contributed by atoms with Gasteiger partial charge in [-0.2, -0.15) is 0 Å². The number of halogens is 1. The number of benzene rings is 2. The lowest BCUT2D eigenvalue weighted by molar-refractivity contribution is 0.0681. The quantitative estimate of drug-likeness (QED) is 0.862. The summed E-state index contributed by atoms with van der Waals surface area (Å²) >= 11 is 0. The second-order valence-electron chi connectivity index (χ2n) is 4.65. The van der Waals surface area contributed by atoms with Crippen LogP contribution in [0.15, 0.2) is 54.6 Å². The van der Waals surface area contributed by atoms with Crippen molar-refractivity contribution in [3.05, 3.63) is 71.5 Å². The summed E-state index contributed by atoms with van der Waals surface area (Å²) in [6.45, 7) is 2.86. The Morgan fingerprint density at radius 1 is 1.00 bits per heavy atom. The molecule has 2 atom stereocenters. The second-order valence-corrected chi connectivity index (χ2v) is 4.65. The monoisotopic (exact) mass is 273 g/mol. The van der Waals surface area contributed by atoms with Gasteiger partial charge in [0.05, 0.1) is 6.04 Å². The lowest BCUT2D eigenvalue weighted by Crippen LogP contribution is -2.28. The van der Waals surface area contributed by atoms with Crippen LogP contribution in [-0.2, 0) is 4.74 Å². The predicted octanol–water partition coefficient (Wildman–Crippen LogP) is 3.86. The lowest BCUT2D eigenvalue weighted by atomic mass is 9.95. The van der Waals surface area contributed by atoms with E-state index in [4.69, 9.17) is 4.74 Å². The highest BCUT2D eigenvalue weighted by molar-refractivity contribution is 5.26. The molecule has 3 heteroatoms. The van der Waals surface area contributed by atoms with Gasteiger partial charge in [-0.3, -0.25) is 0 Å².